The molecule has 0 aromatic heterocycles. The van der Waals surface area contributed by atoms with Crippen LogP contribution in [0, 0.1) is 5.92 Å². The number of benzene rings is 2. The van der Waals surface area contributed by atoms with Crippen LogP contribution in [0.15, 0.2) is 48.5 Å². The van der Waals surface area contributed by atoms with Crippen LogP contribution in [0.25, 0.3) is 0 Å². The summed E-state index contributed by atoms with van der Waals surface area (Å²) in [4.78, 5) is 13.0. The van der Waals surface area contributed by atoms with Crippen LogP contribution in [0.1, 0.15) is 43.2 Å². The Labute approximate surface area is 153 Å². The van der Waals surface area contributed by atoms with Crippen molar-refractivity contribution in [2.45, 2.75) is 43.7 Å². The Kier molecular flexibility index (Phi) is 3.49. The largest absolute Gasteiger partial charge is 0.494 e. The lowest BCUT2D eigenvalue weighted by atomic mass is 9.71. The smallest absolute Gasteiger partial charge is 0.228 e. The van der Waals surface area contributed by atoms with Crippen molar-refractivity contribution in [1.82, 2.24) is 5.32 Å². The minimum Gasteiger partial charge on any atom is -0.494 e. The van der Waals surface area contributed by atoms with E-state index in [4.69, 9.17) is 9.47 Å². The maximum Gasteiger partial charge on any atom is 0.228 e. The Hall–Kier alpha value is -2.49. The summed E-state index contributed by atoms with van der Waals surface area (Å²) in [6.07, 6.45) is 3.15. The monoisotopic (exact) mass is 349 g/mol. The molecule has 0 radical (unpaired) electrons. The van der Waals surface area contributed by atoms with Crippen molar-refractivity contribution in [2.75, 3.05) is 6.61 Å². The van der Waals surface area contributed by atoms with Crippen LogP contribution in [0.4, 0.5) is 0 Å². The number of fused-ring (bicyclic) bond motifs is 3. The number of ether oxygens (including phenoxy) is 2. The lowest BCUT2D eigenvalue weighted by molar-refractivity contribution is -0.126. The van der Waals surface area contributed by atoms with Crippen molar-refractivity contribution in [3.05, 3.63) is 59.7 Å². The first-order valence-corrected chi connectivity index (χ1v) is 9.53. The molecule has 1 N–H and O–H groups in total. The summed E-state index contributed by atoms with van der Waals surface area (Å²) >= 11 is 0. The molecule has 1 amide bonds. The number of nitrogens with one attached hydrogen (secondary N) is 1. The molecule has 2 aliphatic carbocycles. The summed E-state index contributed by atoms with van der Waals surface area (Å²) in [7, 11) is 0. The Morgan fingerprint density at radius 1 is 1.19 bits per heavy atom. The number of carbonyl (C=O) groups is 1. The van der Waals surface area contributed by atoms with Crippen molar-refractivity contribution in [1.29, 1.82) is 0 Å². The van der Waals surface area contributed by atoms with Gasteiger partial charge >= 0.3 is 0 Å². The summed E-state index contributed by atoms with van der Waals surface area (Å²) in [6.45, 7) is 2.64. The number of para-hydroxylation sites is 1. The summed E-state index contributed by atoms with van der Waals surface area (Å²) in [6, 6.07) is 16.2. The zero-order valence-corrected chi connectivity index (χ0v) is 14.9. The van der Waals surface area contributed by atoms with Crippen LogP contribution in [0.3, 0.4) is 0 Å². The molecule has 2 fully saturated rings. The molecule has 3 atom stereocenters. The van der Waals surface area contributed by atoms with E-state index in [1.165, 1.54) is 11.1 Å². The number of rotatable bonds is 5. The number of carbonyl (C=O) groups excluding carboxylic acids is 1. The van der Waals surface area contributed by atoms with E-state index in [1.807, 2.05) is 37.3 Å². The molecule has 2 aromatic carbocycles. The molecule has 2 saturated carbocycles. The molecule has 0 saturated heterocycles. The lowest BCUT2D eigenvalue weighted by Crippen LogP contribution is -2.51. The van der Waals surface area contributed by atoms with Gasteiger partial charge in [-0.3, -0.25) is 4.79 Å². The van der Waals surface area contributed by atoms with Crippen LogP contribution >= 0.6 is 0 Å². The van der Waals surface area contributed by atoms with Gasteiger partial charge in [0.15, 0.2) is 0 Å². The van der Waals surface area contributed by atoms with Gasteiger partial charge in [-0.05, 0) is 49.9 Å². The SMILES string of the molecule is CCOc1ccc(C2(NC(=O)C3C4Oc5ccccc5C43)CCC2)cc1. The first-order valence-electron chi connectivity index (χ1n) is 9.53. The predicted octanol–water partition coefficient (Wildman–Crippen LogP) is 3.76. The molecule has 0 spiro atoms. The van der Waals surface area contributed by atoms with Crippen LogP contribution in [-0.4, -0.2) is 18.6 Å². The molecular formula is C22H23NO3. The average Bonchev–Trinajstić information content (AvgIpc) is 3.21. The third-order valence-electron chi connectivity index (χ3n) is 6.09. The fourth-order valence-electron chi connectivity index (χ4n) is 4.49. The quantitative estimate of drug-likeness (QED) is 0.894. The van der Waals surface area contributed by atoms with Gasteiger partial charge in [-0.25, -0.2) is 0 Å². The highest BCUT2D eigenvalue weighted by Gasteiger charge is 2.63. The molecule has 3 unspecified atom stereocenters. The predicted molar refractivity (Wildman–Crippen MR) is 98.4 cm³/mol. The Balaban J connectivity index is 1.32. The highest BCUT2D eigenvalue weighted by Crippen LogP contribution is 2.58. The van der Waals surface area contributed by atoms with E-state index in [9.17, 15) is 4.79 Å². The van der Waals surface area contributed by atoms with Crippen LogP contribution < -0.4 is 14.8 Å². The van der Waals surface area contributed by atoms with Crippen molar-refractivity contribution < 1.29 is 14.3 Å². The van der Waals surface area contributed by atoms with Gasteiger partial charge < -0.3 is 14.8 Å². The van der Waals surface area contributed by atoms with Crippen LogP contribution in [0.5, 0.6) is 11.5 Å². The topological polar surface area (TPSA) is 47.6 Å². The highest BCUT2D eigenvalue weighted by molar-refractivity contribution is 5.86. The summed E-state index contributed by atoms with van der Waals surface area (Å²) in [5.74, 6) is 2.12. The fourth-order valence-corrected chi connectivity index (χ4v) is 4.49. The van der Waals surface area contributed by atoms with E-state index in [0.29, 0.717) is 6.61 Å². The molecule has 0 bridgehead atoms. The molecule has 3 aliphatic rings. The van der Waals surface area contributed by atoms with Gasteiger partial charge in [-0.15, -0.1) is 0 Å². The minimum absolute atomic E-state index is 0.0184. The van der Waals surface area contributed by atoms with Crippen molar-refractivity contribution in [2.24, 2.45) is 5.92 Å². The zero-order chi connectivity index (χ0) is 17.7. The Morgan fingerprint density at radius 3 is 2.65 bits per heavy atom. The van der Waals surface area contributed by atoms with E-state index >= 15 is 0 Å². The maximum absolute atomic E-state index is 13.0. The van der Waals surface area contributed by atoms with E-state index in [2.05, 4.69) is 23.5 Å². The van der Waals surface area contributed by atoms with Gasteiger partial charge in [-0.1, -0.05) is 30.3 Å². The van der Waals surface area contributed by atoms with Crippen LogP contribution in [-0.2, 0) is 10.3 Å². The third kappa shape index (κ3) is 2.32. The van der Waals surface area contributed by atoms with Crippen molar-refractivity contribution in [3.63, 3.8) is 0 Å². The standard InChI is InChI=1S/C22H23NO3/c1-2-25-15-10-8-14(9-11-15)22(12-5-13-22)23-21(24)19-18-16-6-3-4-7-17(16)26-20(18)19/h3-4,6-11,18-20H,2,5,12-13H2,1H3,(H,23,24). The second kappa shape index (κ2) is 5.76. The molecular weight excluding hydrogens is 326 g/mol. The van der Waals surface area contributed by atoms with E-state index in [-0.39, 0.29) is 29.4 Å². The Morgan fingerprint density at radius 2 is 1.96 bits per heavy atom. The molecule has 5 rings (SSSR count). The molecule has 4 heteroatoms. The summed E-state index contributed by atoms with van der Waals surface area (Å²) in [5.41, 5.74) is 2.13. The average molecular weight is 349 g/mol. The molecule has 134 valence electrons. The maximum atomic E-state index is 13.0. The molecule has 2 aromatic rings. The second-order valence-electron chi connectivity index (χ2n) is 7.55. The van der Waals surface area contributed by atoms with Gasteiger partial charge in [0.1, 0.15) is 17.6 Å². The van der Waals surface area contributed by atoms with Crippen molar-refractivity contribution >= 4 is 5.91 Å². The van der Waals surface area contributed by atoms with Crippen LogP contribution in [0.2, 0.25) is 0 Å². The summed E-state index contributed by atoms with van der Waals surface area (Å²) < 4.78 is 11.5. The van der Waals surface area contributed by atoms with Gasteiger partial charge in [-0.2, -0.15) is 0 Å². The Bertz CT molecular complexity index is 841. The third-order valence-corrected chi connectivity index (χ3v) is 6.09. The van der Waals surface area contributed by atoms with Gasteiger partial charge in [0, 0.05) is 11.5 Å². The van der Waals surface area contributed by atoms with E-state index in [1.54, 1.807) is 0 Å². The molecule has 26 heavy (non-hydrogen) atoms. The fraction of sp³-hybridized carbons (Fsp3) is 0.409. The number of hydrogen-bond donors (Lipinski definition) is 1. The molecule has 1 aliphatic heterocycles. The first kappa shape index (κ1) is 15.7. The van der Waals surface area contributed by atoms with E-state index < -0.39 is 0 Å². The zero-order valence-electron chi connectivity index (χ0n) is 14.9. The molecule has 4 nitrogen and oxygen atoms in total. The van der Waals surface area contributed by atoms with Crippen molar-refractivity contribution in [3.8, 4) is 11.5 Å². The van der Waals surface area contributed by atoms with Gasteiger partial charge in [0.05, 0.1) is 18.1 Å². The minimum atomic E-state index is -0.224. The number of hydrogen-bond acceptors (Lipinski definition) is 3. The lowest BCUT2D eigenvalue weighted by Gasteiger charge is -2.43. The van der Waals surface area contributed by atoms with Gasteiger partial charge in [0.25, 0.3) is 0 Å². The summed E-state index contributed by atoms with van der Waals surface area (Å²) in [5, 5.41) is 3.36. The second-order valence-corrected chi connectivity index (χ2v) is 7.55. The first-order chi connectivity index (χ1) is 12.7. The van der Waals surface area contributed by atoms with Gasteiger partial charge in [0.2, 0.25) is 5.91 Å². The molecule has 1 heterocycles. The van der Waals surface area contributed by atoms with E-state index in [0.717, 1.165) is 30.8 Å². The normalized spacial score (nSPS) is 26.7. The number of amides is 1. The highest BCUT2D eigenvalue weighted by atomic mass is 16.5.